The van der Waals surface area contributed by atoms with E-state index in [1.807, 2.05) is 42.6 Å². The number of aromatic nitrogens is 3. The van der Waals surface area contributed by atoms with E-state index in [0.717, 1.165) is 29.5 Å². The Kier molecular flexibility index (Phi) is 6.64. The van der Waals surface area contributed by atoms with Crippen LogP contribution in [0.15, 0.2) is 33.8 Å². The summed E-state index contributed by atoms with van der Waals surface area (Å²) in [6, 6.07) is 7.42. The van der Waals surface area contributed by atoms with Crippen LogP contribution in [0.3, 0.4) is 0 Å². The lowest BCUT2D eigenvalue weighted by atomic mass is 10.0. The van der Waals surface area contributed by atoms with E-state index >= 15 is 0 Å². The fraction of sp³-hybridized carbons (Fsp3) is 0.429. The summed E-state index contributed by atoms with van der Waals surface area (Å²) >= 11 is 7.87. The van der Waals surface area contributed by atoms with Crippen molar-refractivity contribution in [3.05, 3.63) is 50.8 Å². The van der Waals surface area contributed by atoms with Gasteiger partial charge >= 0.3 is 0 Å². The van der Waals surface area contributed by atoms with Crippen molar-refractivity contribution < 1.29 is 4.52 Å². The normalized spacial score (nSPS) is 13.9. The van der Waals surface area contributed by atoms with E-state index in [9.17, 15) is 0 Å². The van der Waals surface area contributed by atoms with Gasteiger partial charge in [0.2, 0.25) is 11.7 Å². The van der Waals surface area contributed by atoms with Gasteiger partial charge in [-0.1, -0.05) is 28.9 Å². The van der Waals surface area contributed by atoms with E-state index in [1.165, 1.54) is 29.8 Å². The molecule has 0 unspecified atom stereocenters. The van der Waals surface area contributed by atoms with Crippen LogP contribution in [0, 0.1) is 0 Å². The summed E-state index contributed by atoms with van der Waals surface area (Å²) in [5.41, 5.74) is 2.14. The van der Waals surface area contributed by atoms with Crippen LogP contribution in [0.4, 0.5) is 0 Å². The molecule has 0 amide bonds. The predicted molar refractivity (Wildman–Crippen MR) is 120 cm³/mol. The minimum Gasteiger partial charge on any atom is -0.356 e. The number of aryl methyl sites for hydroxylation is 2. The average Bonchev–Trinajstić information content (AvgIpc) is 3.37. The smallest absolute Gasteiger partial charge is 0.228 e. The van der Waals surface area contributed by atoms with Crippen LogP contribution in [0.2, 0.25) is 5.02 Å². The lowest BCUT2D eigenvalue weighted by Gasteiger charge is -2.20. The van der Waals surface area contributed by atoms with Crippen molar-refractivity contribution in [2.45, 2.75) is 38.6 Å². The Balaban J connectivity index is 1.30. The van der Waals surface area contributed by atoms with Crippen LogP contribution in [0.25, 0.3) is 11.4 Å². The summed E-state index contributed by atoms with van der Waals surface area (Å²) < 4.78 is 5.37. The molecule has 0 saturated carbocycles. The first-order chi connectivity index (χ1) is 14.6. The van der Waals surface area contributed by atoms with Gasteiger partial charge in [0.25, 0.3) is 0 Å². The minimum absolute atomic E-state index is 0.543. The van der Waals surface area contributed by atoms with Gasteiger partial charge in [-0.15, -0.1) is 11.3 Å². The van der Waals surface area contributed by atoms with Gasteiger partial charge in [-0.05, 0) is 37.8 Å². The molecular weight excluding hydrogens is 420 g/mol. The fourth-order valence-electron chi connectivity index (χ4n) is 3.52. The van der Waals surface area contributed by atoms with Crippen molar-refractivity contribution in [2.24, 2.45) is 4.99 Å². The summed E-state index contributed by atoms with van der Waals surface area (Å²) in [4.78, 5) is 17.2. The van der Waals surface area contributed by atoms with E-state index in [4.69, 9.17) is 21.1 Å². The highest BCUT2D eigenvalue weighted by Gasteiger charge is 2.17. The first-order valence-corrected chi connectivity index (χ1v) is 11.3. The molecule has 1 aromatic carbocycles. The Morgan fingerprint density at radius 1 is 1.30 bits per heavy atom. The molecule has 2 aromatic heterocycles. The van der Waals surface area contributed by atoms with Crippen molar-refractivity contribution in [1.82, 2.24) is 25.3 Å². The standard InChI is InChI=1S/C21H25ClN6OS/c1-23-21(28(2)13-19-25-16-8-3-4-9-17(16)30-19)24-11-10-18-26-20(27-29-18)14-6-5-7-15(22)12-14/h5-7,12H,3-4,8-11,13H2,1-2H3,(H,23,24). The number of aliphatic imine (C=N–C) groups is 1. The van der Waals surface area contributed by atoms with Gasteiger partial charge in [0.05, 0.1) is 12.2 Å². The topological polar surface area (TPSA) is 79.4 Å². The van der Waals surface area contributed by atoms with Crippen molar-refractivity contribution in [3.63, 3.8) is 0 Å². The van der Waals surface area contributed by atoms with Crippen LogP contribution in [0.5, 0.6) is 0 Å². The zero-order valence-corrected chi connectivity index (χ0v) is 18.8. The summed E-state index contributed by atoms with van der Waals surface area (Å²) in [7, 11) is 3.81. The number of hydrogen-bond donors (Lipinski definition) is 1. The van der Waals surface area contributed by atoms with Crippen molar-refractivity contribution in [1.29, 1.82) is 0 Å². The molecule has 0 atom stereocenters. The van der Waals surface area contributed by atoms with Gasteiger partial charge in [0.1, 0.15) is 5.01 Å². The number of rotatable bonds is 6. The first-order valence-electron chi connectivity index (χ1n) is 10.1. The summed E-state index contributed by atoms with van der Waals surface area (Å²) in [5.74, 6) is 1.93. The molecule has 1 aliphatic rings. The Labute approximate surface area is 185 Å². The molecule has 1 N–H and O–H groups in total. The maximum absolute atomic E-state index is 6.04. The predicted octanol–water partition coefficient (Wildman–Crippen LogP) is 3.98. The Bertz CT molecular complexity index is 1010. The zero-order chi connectivity index (χ0) is 20.9. The van der Waals surface area contributed by atoms with E-state index in [-0.39, 0.29) is 0 Å². The molecule has 7 nitrogen and oxygen atoms in total. The molecule has 0 bridgehead atoms. The molecular formula is C21H25ClN6OS. The van der Waals surface area contributed by atoms with E-state index < -0.39 is 0 Å². The fourth-order valence-corrected chi connectivity index (χ4v) is 4.92. The monoisotopic (exact) mass is 444 g/mol. The van der Waals surface area contributed by atoms with E-state index in [0.29, 0.717) is 29.7 Å². The molecule has 1 aliphatic carbocycles. The van der Waals surface area contributed by atoms with Crippen LogP contribution in [0.1, 0.15) is 34.3 Å². The highest BCUT2D eigenvalue weighted by Crippen LogP contribution is 2.27. The molecule has 0 aliphatic heterocycles. The number of guanidine groups is 1. The zero-order valence-electron chi connectivity index (χ0n) is 17.2. The highest BCUT2D eigenvalue weighted by molar-refractivity contribution is 7.11. The lowest BCUT2D eigenvalue weighted by molar-refractivity contribution is 0.377. The minimum atomic E-state index is 0.543. The molecule has 3 aromatic rings. The van der Waals surface area contributed by atoms with Gasteiger partial charge < -0.3 is 14.7 Å². The third-order valence-electron chi connectivity index (χ3n) is 5.01. The number of benzene rings is 1. The first kappa shape index (κ1) is 20.8. The van der Waals surface area contributed by atoms with Gasteiger partial charge in [0.15, 0.2) is 5.96 Å². The van der Waals surface area contributed by atoms with Crippen LogP contribution in [-0.4, -0.2) is 46.6 Å². The highest BCUT2D eigenvalue weighted by atomic mass is 35.5. The lowest BCUT2D eigenvalue weighted by Crippen LogP contribution is -2.39. The second-order valence-electron chi connectivity index (χ2n) is 7.29. The molecule has 9 heteroatoms. The largest absolute Gasteiger partial charge is 0.356 e. The van der Waals surface area contributed by atoms with E-state index in [1.54, 1.807) is 7.05 Å². The third-order valence-corrected chi connectivity index (χ3v) is 6.39. The quantitative estimate of drug-likeness (QED) is 0.457. The molecule has 158 valence electrons. The summed E-state index contributed by atoms with van der Waals surface area (Å²) in [6.07, 6.45) is 5.42. The number of hydrogen-bond acceptors (Lipinski definition) is 6. The van der Waals surface area contributed by atoms with Crippen LogP contribution in [-0.2, 0) is 25.8 Å². The molecule has 30 heavy (non-hydrogen) atoms. The molecule has 2 heterocycles. The molecule has 0 saturated heterocycles. The SMILES string of the molecule is CN=C(NCCc1nc(-c2cccc(Cl)c2)no1)N(C)Cc1nc2c(s1)CCCC2. The number of nitrogens with zero attached hydrogens (tertiary/aromatic N) is 5. The summed E-state index contributed by atoms with van der Waals surface area (Å²) in [5, 5.41) is 9.21. The van der Waals surface area contributed by atoms with Gasteiger partial charge in [-0.25, -0.2) is 4.98 Å². The van der Waals surface area contributed by atoms with E-state index in [2.05, 4.69) is 25.3 Å². The second kappa shape index (κ2) is 9.57. The second-order valence-corrected chi connectivity index (χ2v) is 8.89. The van der Waals surface area contributed by atoms with Gasteiger partial charge in [-0.2, -0.15) is 4.98 Å². The average molecular weight is 445 g/mol. The van der Waals surface area contributed by atoms with Crippen molar-refractivity contribution in [3.8, 4) is 11.4 Å². The Morgan fingerprint density at radius 2 is 2.17 bits per heavy atom. The maximum Gasteiger partial charge on any atom is 0.228 e. The molecule has 0 fully saturated rings. The van der Waals surface area contributed by atoms with Crippen molar-refractivity contribution in [2.75, 3.05) is 20.6 Å². The number of fused-ring (bicyclic) bond motifs is 1. The van der Waals surface area contributed by atoms with Crippen LogP contribution < -0.4 is 5.32 Å². The molecule has 4 rings (SSSR count). The Morgan fingerprint density at radius 3 is 2.97 bits per heavy atom. The van der Waals surface area contributed by atoms with Gasteiger partial charge in [-0.3, -0.25) is 4.99 Å². The third kappa shape index (κ3) is 4.99. The maximum atomic E-state index is 6.04. The summed E-state index contributed by atoms with van der Waals surface area (Å²) in [6.45, 7) is 1.39. The Hall–Kier alpha value is -2.45. The number of nitrogens with one attached hydrogen (secondary N) is 1. The van der Waals surface area contributed by atoms with Gasteiger partial charge in [0, 0.05) is 42.5 Å². The van der Waals surface area contributed by atoms with Crippen molar-refractivity contribution >= 4 is 28.9 Å². The molecule has 0 radical (unpaired) electrons. The number of thiazole rings is 1. The number of halogens is 1. The van der Waals surface area contributed by atoms with Crippen LogP contribution >= 0.6 is 22.9 Å². The molecule has 0 spiro atoms.